The number of rotatable bonds is 3. The Balaban J connectivity index is 2.18. The van der Waals surface area contributed by atoms with Gasteiger partial charge in [0.25, 0.3) is 11.6 Å². The molecule has 1 aliphatic rings. The van der Waals surface area contributed by atoms with Crippen LogP contribution in [-0.4, -0.2) is 41.9 Å². The van der Waals surface area contributed by atoms with Crippen molar-refractivity contribution in [2.45, 2.75) is 12.5 Å². The molecule has 102 valence electrons. The number of non-ortho nitro benzene ring substituents is 1. The fourth-order valence-corrected chi connectivity index (χ4v) is 2.14. The molecule has 6 nitrogen and oxygen atoms in total. The summed E-state index contributed by atoms with van der Waals surface area (Å²) in [5.74, 6) is -1.28. The molecule has 0 bridgehead atoms. The molecule has 1 heterocycles. The molecular formula is C12H14FN3O3. The molecule has 0 spiro atoms. The first-order valence-corrected chi connectivity index (χ1v) is 5.93. The molecule has 0 aliphatic carbocycles. The van der Waals surface area contributed by atoms with Crippen molar-refractivity contribution in [3.05, 3.63) is 39.7 Å². The Morgan fingerprint density at radius 3 is 2.84 bits per heavy atom. The van der Waals surface area contributed by atoms with Crippen molar-refractivity contribution in [3.8, 4) is 0 Å². The summed E-state index contributed by atoms with van der Waals surface area (Å²) in [5, 5.41) is 13.6. The van der Waals surface area contributed by atoms with Crippen LogP contribution < -0.4 is 5.32 Å². The minimum absolute atomic E-state index is 0.123. The summed E-state index contributed by atoms with van der Waals surface area (Å²) in [6, 6.07) is 3.30. The van der Waals surface area contributed by atoms with Crippen molar-refractivity contribution >= 4 is 11.6 Å². The van der Waals surface area contributed by atoms with Gasteiger partial charge in [0, 0.05) is 25.2 Å². The summed E-state index contributed by atoms with van der Waals surface area (Å²) in [5.41, 5.74) is -0.481. The van der Waals surface area contributed by atoms with E-state index < -0.39 is 16.6 Å². The van der Waals surface area contributed by atoms with Gasteiger partial charge in [-0.15, -0.1) is 0 Å². The number of hydrogen-bond acceptors (Lipinski definition) is 4. The van der Waals surface area contributed by atoms with Gasteiger partial charge in [-0.05, 0) is 19.5 Å². The van der Waals surface area contributed by atoms with Gasteiger partial charge in [-0.25, -0.2) is 4.39 Å². The zero-order valence-corrected chi connectivity index (χ0v) is 10.4. The van der Waals surface area contributed by atoms with Crippen LogP contribution >= 0.6 is 0 Å². The third-order valence-corrected chi connectivity index (χ3v) is 3.28. The van der Waals surface area contributed by atoms with Crippen molar-refractivity contribution in [2.24, 2.45) is 0 Å². The maximum atomic E-state index is 13.7. The van der Waals surface area contributed by atoms with Crippen molar-refractivity contribution in [1.29, 1.82) is 0 Å². The molecule has 2 rings (SSSR count). The summed E-state index contributed by atoms with van der Waals surface area (Å²) < 4.78 is 13.7. The fraction of sp³-hybridized carbons (Fsp3) is 0.417. The summed E-state index contributed by atoms with van der Waals surface area (Å²) in [6.45, 7) is 1.08. The number of carbonyl (C=O) groups excluding carboxylic acids is 1. The van der Waals surface area contributed by atoms with E-state index in [1.165, 1.54) is 6.07 Å². The number of nitrogens with zero attached hydrogens (tertiary/aromatic N) is 2. The molecule has 1 fully saturated rings. The van der Waals surface area contributed by atoms with Crippen LogP contribution in [-0.2, 0) is 0 Å². The number of nitro groups is 1. The molecule has 1 aromatic carbocycles. The predicted octanol–water partition coefficient (Wildman–Crippen LogP) is 1.17. The van der Waals surface area contributed by atoms with Crippen LogP contribution in [0.1, 0.15) is 16.8 Å². The second-order valence-corrected chi connectivity index (χ2v) is 4.45. The second kappa shape index (κ2) is 5.31. The number of benzene rings is 1. The molecule has 0 saturated carbocycles. The minimum atomic E-state index is -0.855. The zero-order valence-electron chi connectivity index (χ0n) is 10.4. The number of carbonyl (C=O) groups is 1. The lowest BCUT2D eigenvalue weighted by molar-refractivity contribution is -0.385. The van der Waals surface area contributed by atoms with Crippen molar-refractivity contribution < 1.29 is 14.1 Å². The molecule has 7 heteroatoms. The highest BCUT2D eigenvalue weighted by atomic mass is 19.1. The Morgan fingerprint density at radius 1 is 1.58 bits per heavy atom. The molecular weight excluding hydrogens is 253 g/mol. The molecule has 1 aliphatic heterocycles. The quantitative estimate of drug-likeness (QED) is 0.659. The molecule has 1 saturated heterocycles. The largest absolute Gasteiger partial charge is 0.337 e. The third-order valence-electron chi connectivity index (χ3n) is 3.28. The molecule has 1 amide bonds. The van der Waals surface area contributed by atoms with Gasteiger partial charge in [-0.1, -0.05) is 0 Å². The van der Waals surface area contributed by atoms with Crippen LogP contribution in [0.4, 0.5) is 10.1 Å². The standard InChI is InChI=1S/C12H14FN3O3/c1-14-8-4-5-15(7-8)12(17)10-3-2-9(16(18)19)6-11(10)13/h2-3,6,8,14H,4-5,7H2,1H3. The molecule has 19 heavy (non-hydrogen) atoms. The van der Waals surface area contributed by atoms with Crippen LogP contribution in [0.2, 0.25) is 0 Å². The monoisotopic (exact) mass is 267 g/mol. The molecule has 1 atom stereocenters. The van der Waals surface area contributed by atoms with Gasteiger partial charge >= 0.3 is 0 Å². The molecule has 1 aromatic rings. The summed E-state index contributed by atoms with van der Waals surface area (Å²) in [6.07, 6.45) is 0.816. The van der Waals surface area contributed by atoms with E-state index in [4.69, 9.17) is 0 Å². The number of likely N-dealkylation sites (N-methyl/N-ethyl adjacent to an activating group) is 1. The van der Waals surface area contributed by atoms with Crippen LogP contribution in [0, 0.1) is 15.9 Å². The first-order chi connectivity index (χ1) is 9.02. The number of likely N-dealkylation sites (tertiary alicyclic amines) is 1. The Bertz CT molecular complexity index is 521. The van der Waals surface area contributed by atoms with E-state index in [-0.39, 0.29) is 17.3 Å². The molecule has 1 unspecified atom stereocenters. The smallest absolute Gasteiger partial charge is 0.272 e. The van der Waals surface area contributed by atoms with Gasteiger partial charge < -0.3 is 10.2 Å². The van der Waals surface area contributed by atoms with E-state index in [1.807, 2.05) is 7.05 Å². The lowest BCUT2D eigenvalue weighted by Gasteiger charge is -2.16. The lowest BCUT2D eigenvalue weighted by atomic mass is 10.1. The summed E-state index contributed by atoms with van der Waals surface area (Å²) >= 11 is 0. The van der Waals surface area contributed by atoms with Crippen LogP contribution in [0.5, 0.6) is 0 Å². The maximum absolute atomic E-state index is 13.7. The summed E-state index contributed by atoms with van der Waals surface area (Å²) in [4.78, 5) is 23.5. The third kappa shape index (κ3) is 2.70. The van der Waals surface area contributed by atoms with E-state index in [9.17, 15) is 19.3 Å². The highest BCUT2D eigenvalue weighted by Crippen LogP contribution is 2.20. The average Bonchev–Trinajstić information content (AvgIpc) is 2.86. The average molecular weight is 267 g/mol. The molecule has 1 N–H and O–H groups in total. The Morgan fingerprint density at radius 2 is 2.32 bits per heavy atom. The van der Waals surface area contributed by atoms with E-state index >= 15 is 0 Å². The Labute approximate surface area is 109 Å². The van der Waals surface area contributed by atoms with E-state index in [2.05, 4.69) is 5.32 Å². The number of halogens is 1. The van der Waals surface area contributed by atoms with Crippen LogP contribution in [0.15, 0.2) is 18.2 Å². The van der Waals surface area contributed by atoms with Crippen LogP contribution in [0.25, 0.3) is 0 Å². The fourth-order valence-electron chi connectivity index (χ4n) is 2.14. The second-order valence-electron chi connectivity index (χ2n) is 4.45. The number of nitro benzene ring substituents is 1. The van der Waals surface area contributed by atoms with Gasteiger partial charge in [0.15, 0.2) is 0 Å². The number of nitrogens with one attached hydrogen (secondary N) is 1. The number of amides is 1. The Kier molecular flexibility index (Phi) is 3.75. The Hall–Kier alpha value is -2.02. The van der Waals surface area contributed by atoms with Crippen molar-refractivity contribution in [2.75, 3.05) is 20.1 Å². The molecule has 0 aromatic heterocycles. The highest BCUT2D eigenvalue weighted by molar-refractivity contribution is 5.95. The lowest BCUT2D eigenvalue weighted by Crippen LogP contribution is -2.33. The SMILES string of the molecule is CNC1CCN(C(=O)c2ccc([N+](=O)[O-])cc2F)C1. The maximum Gasteiger partial charge on any atom is 0.272 e. The van der Waals surface area contributed by atoms with Gasteiger partial charge in [0.1, 0.15) is 5.82 Å². The normalized spacial score (nSPS) is 18.6. The van der Waals surface area contributed by atoms with Crippen molar-refractivity contribution in [3.63, 3.8) is 0 Å². The highest BCUT2D eigenvalue weighted by Gasteiger charge is 2.28. The van der Waals surface area contributed by atoms with E-state index in [1.54, 1.807) is 4.90 Å². The summed E-state index contributed by atoms with van der Waals surface area (Å²) in [7, 11) is 1.81. The molecule has 0 radical (unpaired) electrons. The van der Waals surface area contributed by atoms with Gasteiger partial charge in [-0.3, -0.25) is 14.9 Å². The predicted molar refractivity (Wildman–Crippen MR) is 66.4 cm³/mol. The van der Waals surface area contributed by atoms with E-state index in [0.29, 0.717) is 13.1 Å². The van der Waals surface area contributed by atoms with Gasteiger partial charge in [0.05, 0.1) is 16.6 Å². The van der Waals surface area contributed by atoms with Gasteiger partial charge in [0.2, 0.25) is 0 Å². The first kappa shape index (κ1) is 13.4. The minimum Gasteiger partial charge on any atom is -0.337 e. The van der Waals surface area contributed by atoms with Crippen LogP contribution in [0.3, 0.4) is 0 Å². The zero-order chi connectivity index (χ0) is 14.0. The first-order valence-electron chi connectivity index (χ1n) is 5.93. The van der Waals surface area contributed by atoms with Crippen molar-refractivity contribution in [1.82, 2.24) is 10.2 Å². The van der Waals surface area contributed by atoms with Gasteiger partial charge in [-0.2, -0.15) is 0 Å². The topological polar surface area (TPSA) is 75.5 Å². The number of hydrogen-bond donors (Lipinski definition) is 1. The van der Waals surface area contributed by atoms with E-state index in [0.717, 1.165) is 18.6 Å².